The number of Topliss-reactive ketones (excluding diaryl/α,β-unsaturated/α-hetero) is 1. The van der Waals surface area contributed by atoms with Crippen LogP contribution in [0.1, 0.15) is 44.6 Å². The summed E-state index contributed by atoms with van der Waals surface area (Å²) in [4.78, 5) is 30.2. The predicted octanol–water partition coefficient (Wildman–Crippen LogP) is 4.30. The fraction of sp³-hybridized carbons (Fsp3) is 0.476. The van der Waals surface area contributed by atoms with E-state index < -0.39 is 17.8 Å². The maximum atomic E-state index is 13.9. The monoisotopic (exact) mass is 389 g/mol. The van der Waals surface area contributed by atoms with E-state index in [1.165, 1.54) is 12.1 Å². The SMILES string of the molecule is CCSCCOC(=O)C1C(C)=NC2=C(C(=O)CCC2)[C@@H]1c1cccc(F)c1. The molecule has 144 valence electrons. The molecule has 0 amide bonds. The molecule has 0 N–H and O–H groups in total. The number of aliphatic imine (C=N–C) groups is 1. The van der Waals surface area contributed by atoms with Gasteiger partial charge in [0.05, 0.1) is 0 Å². The van der Waals surface area contributed by atoms with Gasteiger partial charge in [-0.3, -0.25) is 14.6 Å². The van der Waals surface area contributed by atoms with Crippen LogP contribution in [-0.2, 0) is 14.3 Å². The molecular weight excluding hydrogens is 365 g/mol. The maximum absolute atomic E-state index is 13.9. The van der Waals surface area contributed by atoms with Gasteiger partial charge in [0.2, 0.25) is 0 Å². The predicted molar refractivity (Wildman–Crippen MR) is 106 cm³/mol. The smallest absolute Gasteiger partial charge is 0.315 e. The number of halogens is 1. The van der Waals surface area contributed by atoms with E-state index in [9.17, 15) is 14.0 Å². The average molecular weight is 389 g/mol. The second-order valence-electron chi connectivity index (χ2n) is 6.77. The van der Waals surface area contributed by atoms with Crippen molar-refractivity contribution in [3.63, 3.8) is 0 Å². The molecule has 4 nitrogen and oxygen atoms in total. The van der Waals surface area contributed by atoms with Crippen LogP contribution < -0.4 is 0 Å². The van der Waals surface area contributed by atoms with Gasteiger partial charge in [0, 0.05) is 35.1 Å². The first kappa shape index (κ1) is 19.8. The van der Waals surface area contributed by atoms with Crippen LogP contribution in [0.3, 0.4) is 0 Å². The molecule has 1 aromatic carbocycles. The van der Waals surface area contributed by atoms with Crippen LogP contribution in [0, 0.1) is 11.7 Å². The number of benzene rings is 1. The zero-order valence-corrected chi connectivity index (χ0v) is 16.5. The molecule has 1 heterocycles. The Labute approximate surface area is 163 Å². The average Bonchev–Trinajstić information content (AvgIpc) is 2.64. The van der Waals surface area contributed by atoms with Crippen molar-refractivity contribution in [1.29, 1.82) is 0 Å². The molecule has 2 atom stereocenters. The quantitative estimate of drug-likeness (QED) is 0.538. The van der Waals surface area contributed by atoms with Crippen LogP contribution in [0.2, 0.25) is 0 Å². The van der Waals surface area contributed by atoms with Crippen molar-refractivity contribution in [2.45, 2.75) is 39.0 Å². The van der Waals surface area contributed by atoms with Crippen molar-refractivity contribution in [3.8, 4) is 0 Å². The molecule has 2 aliphatic rings. The first-order valence-electron chi connectivity index (χ1n) is 9.34. The number of carbonyl (C=O) groups is 2. The van der Waals surface area contributed by atoms with Gasteiger partial charge in [-0.05, 0) is 43.2 Å². The number of ketones is 1. The van der Waals surface area contributed by atoms with Gasteiger partial charge < -0.3 is 4.74 Å². The summed E-state index contributed by atoms with van der Waals surface area (Å²) in [5, 5.41) is 0. The van der Waals surface area contributed by atoms with Gasteiger partial charge in [0.15, 0.2) is 5.78 Å². The van der Waals surface area contributed by atoms with Crippen molar-refractivity contribution < 1.29 is 18.7 Å². The number of nitrogens with zero attached hydrogens (tertiary/aromatic N) is 1. The minimum absolute atomic E-state index is 0.00102. The standard InChI is InChI=1S/C21H24FNO3S/c1-3-27-11-10-26-21(25)18-13(2)23-16-8-5-9-17(24)20(16)19(18)14-6-4-7-15(22)12-14/h4,6-7,12,18-19H,3,5,8-11H2,1-2H3/t18?,19-/m1/s1. The van der Waals surface area contributed by atoms with Crippen molar-refractivity contribution in [3.05, 3.63) is 46.9 Å². The second kappa shape index (κ2) is 8.83. The lowest BCUT2D eigenvalue weighted by atomic mass is 9.72. The van der Waals surface area contributed by atoms with Crippen molar-refractivity contribution in [1.82, 2.24) is 0 Å². The Morgan fingerprint density at radius 1 is 1.37 bits per heavy atom. The van der Waals surface area contributed by atoms with Crippen LogP contribution in [0.25, 0.3) is 0 Å². The molecule has 0 aromatic heterocycles. The molecule has 1 aliphatic heterocycles. The molecule has 0 bridgehead atoms. The van der Waals surface area contributed by atoms with Gasteiger partial charge in [-0.25, -0.2) is 4.39 Å². The summed E-state index contributed by atoms with van der Waals surface area (Å²) in [6, 6.07) is 6.15. The Bertz CT molecular complexity index is 802. The van der Waals surface area contributed by atoms with E-state index in [4.69, 9.17) is 4.74 Å². The van der Waals surface area contributed by atoms with Crippen LogP contribution in [0.4, 0.5) is 4.39 Å². The fourth-order valence-electron chi connectivity index (χ4n) is 3.81. The molecule has 0 fully saturated rings. The lowest BCUT2D eigenvalue weighted by Gasteiger charge is -2.34. The number of thioether (sulfide) groups is 1. The molecule has 1 aliphatic carbocycles. The van der Waals surface area contributed by atoms with Gasteiger partial charge in [-0.2, -0.15) is 11.8 Å². The summed E-state index contributed by atoms with van der Waals surface area (Å²) in [5.74, 6) is -0.329. The highest BCUT2D eigenvalue weighted by atomic mass is 32.2. The highest BCUT2D eigenvalue weighted by molar-refractivity contribution is 7.99. The molecule has 0 saturated heterocycles. The number of hydrogen-bond acceptors (Lipinski definition) is 5. The molecule has 1 unspecified atom stereocenters. The molecule has 0 saturated carbocycles. The summed E-state index contributed by atoms with van der Waals surface area (Å²) in [6.45, 7) is 4.16. The van der Waals surface area contributed by atoms with Crippen molar-refractivity contribution in [2.75, 3.05) is 18.1 Å². The maximum Gasteiger partial charge on any atom is 0.315 e. The lowest BCUT2D eigenvalue weighted by Crippen LogP contribution is -2.37. The highest BCUT2D eigenvalue weighted by Crippen LogP contribution is 2.43. The van der Waals surface area contributed by atoms with E-state index in [1.54, 1.807) is 30.8 Å². The topological polar surface area (TPSA) is 55.7 Å². The highest BCUT2D eigenvalue weighted by Gasteiger charge is 2.43. The molecule has 3 rings (SSSR count). The second-order valence-corrected chi connectivity index (χ2v) is 8.16. The van der Waals surface area contributed by atoms with Crippen LogP contribution >= 0.6 is 11.8 Å². The van der Waals surface area contributed by atoms with Crippen molar-refractivity contribution >= 4 is 29.2 Å². The molecule has 27 heavy (non-hydrogen) atoms. The van der Waals surface area contributed by atoms with Gasteiger partial charge >= 0.3 is 5.97 Å². The zero-order valence-electron chi connectivity index (χ0n) is 15.7. The third-order valence-corrected chi connectivity index (χ3v) is 5.84. The minimum atomic E-state index is -0.695. The van der Waals surface area contributed by atoms with Crippen LogP contribution in [0.15, 0.2) is 40.5 Å². The zero-order chi connectivity index (χ0) is 19.4. The first-order chi connectivity index (χ1) is 13.0. The Balaban J connectivity index is 1.98. The van der Waals surface area contributed by atoms with E-state index in [-0.39, 0.29) is 11.6 Å². The largest absolute Gasteiger partial charge is 0.464 e. The number of carbonyl (C=O) groups excluding carboxylic acids is 2. The van der Waals surface area contributed by atoms with Crippen LogP contribution in [-0.4, -0.2) is 35.6 Å². The third-order valence-electron chi connectivity index (χ3n) is 4.97. The van der Waals surface area contributed by atoms with Gasteiger partial charge in [-0.15, -0.1) is 0 Å². The van der Waals surface area contributed by atoms with Crippen LogP contribution in [0.5, 0.6) is 0 Å². The van der Waals surface area contributed by atoms with Gasteiger partial charge in [0.1, 0.15) is 18.3 Å². The third kappa shape index (κ3) is 4.32. The molecular formula is C21H24FNO3S. The molecule has 0 spiro atoms. The van der Waals surface area contributed by atoms with Gasteiger partial charge in [0.25, 0.3) is 0 Å². The summed E-state index contributed by atoms with van der Waals surface area (Å²) in [6.07, 6.45) is 1.90. The van der Waals surface area contributed by atoms with E-state index in [1.807, 2.05) is 6.92 Å². The summed E-state index contributed by atoms with van der Waals surface area (Å²) in [5.41, 5.74) is 2.55. The Kier molecular flexibility index (Phi) is 6.47. The molecule has 0 radical (unpaired) electrons. The molecule has 1 aromatic rings. The normalized spacial score (nSPS) is 22.3. The van der Waals surface area contributed by atoms with E-state index in [0.717, 1.165) is 23.6 Å². The fourth-order valence-corrected chi connectivity index (χ4v) is 4.30. The van der Waals surface area contributed by atoms with E-state index in [0.29, 0.717) is 36.3 Å². The van der Waals surface area contributed by atoms with Gasteiger partial charge in [-0.1, -0.05) is 19.1 Å². The number of esters is 1. The Morgan fingerprint density at radius 2 is 2.19 bits per heavy atom. The summed E-state index contributed by atoms with van der Waals surface area (Å²) < 4.78 is 19.4. The number of allylic oxidation sites excluding steroid dienone is 2. The summed E-state index contributed by atoms with van der Waals surface area (Å²) in [7, 11) is 0. The number of hydrogen-bond donors (Lipinski definition) is 0. The number of rotatable bonds is 6. The summed E-state index contributed by atoms with van der Waals surface area (Å²) >= 11 is 1.69. The Morgan fingerprint density at radius 3 is 2.93 bits per heavy atom. The minimum Gasteiger partial charge on any atom is -0.464 e. The van der Waals surface area contributed by atoms with E-state index in [2.05, 4.69) is 4.99 Å². The number of ether oxygens (including phenoxy) is 1. The first-order valence-corrected chi connectivity index (χ1v) is 10.5. The Hall–Kier alpha value is -1.95. The van der Waals surface area contributed by atoms with E-state index >= 15 is 0 Å². The lowest BCUT2D eigenvalue weighted by molar-refractivity contribution is -0.145. The van der Waals surface area contributed by atoms with Crippen molar-refractivity contribution in [2.24, 2.45) is 10.9 Å². The molecule has 6 heteroatoms.